The van der Waals surface area contributed by atoms with E-state index in [1.54, 1.807) is 22.2 Å². The van der Waals surface area contributed by atoms with Gasteiger partial charge in [-0.1, -0.05) is 0 Å². The quantitative estimate of drug-likeness (QED) is 0.675. The first-order valence-corrected chi connectivity index (χ1v) is 6.46. The number of hydrogen-bond acceptors (Lipinski definition) is 4. The lowest BCUT2D eigenvalue weighted by molar-refractivity contribution is 0.0991. The summed E-state index contributed by atoms with van der Waals surface area (Å²) in [5, 5.41) is 6.15. The predicted molar refractivity (Wildman–Crippen MR) is 69.0 cm³/mol. The molecule has 3 heterocycles. The smallest absolute Gasteiger partial charge is 0.193 e. The topological polar surface area (TPSA) is 52.2 Å². The van der Waals surface area contributed by atoms with Crippen LogP contribution in [0.1, 0.15) is 21.7 Å². The Labute approximate surface area is 108 Å². The fraction of sp³-hybridized carbons (Fsp3) is 0.250. The van der Waals surface area contributed by atoms with Crippen LogP contribution in [-0.4, -0.2) is 24.9 Å². The summed E-state index contributed by atoms with van der Waals surface area (Å²) in [7, 11) is 1.82. The lowest BCUT2D eigenvalue weighted by Gasteiger charge is -1.95. The van der Waals surface area contributed by atoms with Crippen molar-refractivity contribution < 1.29 is 4.79 Å². The Hall–Kier alpha value is -1.95. The van der Waals surface area contributed by atoms with Crippen LogP contribution in [0.25, 0.3) is 4.96 Å². The largest absolute Gasteiger partial charge is 0.297 e. The van der Waals surface area contributed by atoms with Crippen molar-refractivity contribution in [2.45, 2.75) is 13.3 Å². The van der Waals surface area contributed by atoms with Gasteiger partial charge in [0.05, 0.1) is 23.4 Å². The molecular weight excluding hydrogens is 248 g/mol. The first-order valence-electron chi connectivity index (χ1n) is 5.58. The molecule has 0 bridgehead atoms. The highest BCUT2D eigenvalue weighted by molar-refractivity contribution is 7.15. The van der Waals surface area contributed by atoms with E-state index in [-0.39, 0.29) is 5.78 Å². The summed E-state index contributed by atoms with van der Waals surface area (Å²) in [4.78, 5) is 17.5. The van der Waals surface area contributed by atoms with Gasteiger partial charge >= 0.3 is 0 Å². The van der Waals surface area contributed by atoms with Crippen LogP contribution in [0.15, 0.2) is 24.0 Å². The average molecular weight is 260 g/mol. The fourth-order valence-electron chi connectivity index (χ4n) is 1.99. The third-order valence-electron chi connectivity index (χ3n) is 2.80. The molecule has 0 aliphatic heterocycles. The van der Waals surface area contributed by atoms with Crippen molar-refractivity contribution in [2.24, 2.45) is 7.05 Å². The van der Waals surface area contributed by atoms with Crippen LogP contribution in [0.4, 0.5) is 0 Å². The van der Waals surface area contributed by atoms with Gasteiger partial charge in [-0.2, -0.15) is 5.10 Å². The molecule has 3 aromatic heterocycles. The molecule has 0 aliphatic carbocycles. The van der Waals surface area contributed by atoms with E-state index in [4.69, 9.17) is 0 Å². The summed E-state index contributed by atoms with van der Waals surface area (Å²) in [6.45, 7) is 1.85. The summed E-state index contributed by atoms with van der Waals surface area (Å²) in [5.74, 6) is 0.0614. The van der Waals surface area contributed by atoms with Crippen LogP contribution in [0.2, 0.25) is 0 Å². The summed E-state index contributed by atoms with van der Waals surface area (Å²) in [6.07, 6.45) is 5.92. The molecule has 3 aromatic rings. The van der Waals surface area contributed by atoms with Crippen molar-refractivity contribution in [3.63, 3.8) is 0 Å². The van der Waals surface area contributed by atoms with Crippen LogP contribution >= 0.6 is 11.3 Å². The molecule has 0 spiro atoms. The lowest BCUT2D eigenvalue weighted by Crippen LogP contribution is -2.04. The van der Waals surface area contributed by atoms with Crippen molar-refractivity contribution in [1.82, 2.24) is 19.2 Å². The van der Waals surface area contributed by atoms with Gasteiger partial charge in [0.2, 0.25) is 0 Å². The Morgan fingerprint density at radius 2 is 2.28 bits per heavy atom. The van der Waals surface area contributed by atoms with Crippen molar-refractivity contribution in [3.8, 4) is 0 Å². The zero-order chi connectivity index (χ0) is 12.7. The van der Waals surface area contributed by atoms with Crippen LogP contribution in [0.3, 0.4) is 0 Å². The molecule has 0 aliphatic rings. The van der Waals surface area contributed by atoms with Crippen LogP contribution in [-0.2, 0) is 13.5 Å². The first kappa shape index (κ1) is 11.2. The van der Waals surface area contributed by atoms with Crippen molar-refractivity contribution in [2.75, 3.05) is 0 Å². The van der Waals surface area contributed by atoms with E-state index < -0.39 is 0 Å². The minimum Gasteiger partial charge on any atom is -0.297 e. The number of hydrogen-bond donors (Lipinski definition) is 0. The SMILES string of the molecule is Cc1nn(C)cc1C(=O)Cc1cn2ccsc2n1. The van der Waals surface area contributed by atoms with Crippen LogP contribution in [0, 0.1) is 6.92 Å². The number of rotatable bonds is 3. The van der Waals surface area contributed by atoms with Gasteiger partial charge in [0.1, 0.15) is 0 Å². The summed E-state index contributed by atoms with van der Waals surface area (Å²) < 4.78 is 3.59. The van der Waals surface area contributed by atoms with E-state index in [9.17, 15) is 4.79 Å². The maximum absolute atomic E-state index is 12.1. The molecule has 18 heavy (non-hydrogen) atoms. The monoisotopic (exact) mass is 260 g/mol. The van der Waals surface area contributed by atoms with Crippen LogP contribution < -0.4 is 0 Å². The highest BCUT2D eigenvalue weighted by Gasteiger charge is 2.15. The Morgan fingerprint density at radius 3 is 2.94 bits per heavy atom. The van der Waals surface area contributed by atoms with Gasteiger partial charge in [0.15, 0.2) is 10.7 Å². The van der Waals surface area contributed by atoms with E-state index in [1.807, 2.05) is 36.1 Å². The molecule has 0 N–H and O–H groups in total. The number of fused-ring (bicyclic) bond motifs is 1. The number of ketones is 1. The zero-order valence-corrected chi connectivity index (χ0v) is 10.9. The number of imidazole rings is 1. The molecule has 6 heteroatoms. The Balaban J connectivity index is 1.86. The number of carbonyl (C=O) groups excluding carboxylic acids is 1. The van der Waals surface area contributed by atoms with E-state index in [0.29, 0.717) is 12.0 Å². The fourth-order valence-corrected chi connectivity index (χ4v) is 2.71. The van der Waals surface area contributed by atoms with Crippen molar-refractivity contribution in [3.05, 3.63) is 40.9 Å². The van der Waals surface area contributed by atoms with Gasteiger partial charge in [-0.05, 0) is 6.92 Å². The molecule has 0 amide bonds. The van der Waals surface area contributed by atoms with Gasteiger partial charge in [0.25, 0.3) is 0 Å². The molecule has 0 radical (unpaired) electrons. The van der Waals surface area contributed by atoms with Gasteiger partial charge in [-0.15, -0.1) is 11.3 Å². The summed E-state index contributed by atoms with van der Waals surface area (Å²) in [6, 6.07) is 0. The number of thiazole rings is 1. The van der Waals surface area contributed by atoms with Gasteiger partial charge in [-0.3, -0.25) is 13.9 Å². The van der Waals surface area contributed by atoms with E-state index in [1.165, 1.54) is 0 Å². The Morgan fingerprint density at radius 1 is 1.44 bits per heavy atom. The lowest BCUT2D eigenvalue weighted by atomic mass is 10.1. The van der Waals surface area contributed by atoms with Gasteiger partial charge in [0, 0.05) is 31.0 Å². The molecule has 3 rings (SSSR count). The van der Waals surface area contributed by atoms with Crippen LogP contribution in [0.5, 0.6) is 0 Å². The maximum atomic E-state index is 12.1. The highest BCUT2D eigenvalue weighted by atomic mass is 32.1. The number of Topliss-reactive ketones (excluding diaryl/α,β-unsaturated/α-hetero) is 1. The predicted octanol–water partition coefficient (Wildman–Crippen LogP) is 1.86. The molecule has 0 atom stereocenters. The van der Waals surface area contributed by atoms with Crippen molar-refractivity contribution in [1.29, 1.82) is 0 Å². The summed E-state index contributed by atoms with van der Waals surface area (Å²) in [5.41, 5.74) is 2.24. The number of nitrogens with zero attached hydrogens (tertiary/aromatic N) is 4. The standard InChI is InChI=1S/C12H12N4OS/c1-8-10(7-15(2)14-8)11(17)5-9-6-16-3-4-18-12(16)13-9/h3-4,6-7H,5H2,1-2H3. The van der Waals surface area contributed by atoms with Gasteiger partial charge in [-0.25, -0.2) is 4.98 Å². The van der Waals surface area contributed by atoms with E-state index in [2.05, 4.69) is 10.1 Å². The molecular formula is C12H12N4OS. The zero-order valence-electron chi connectivity index (χ0n) is 10.1. The molecule has 0 fully saturated rings. The van der Waals surface area contributed by atoms with E-state index in [0.717, 1.165) is 16.3 Å². The Bertz CT molecular complexity index is 693. The molecule has 0 saturated heterocycles. The molecule has 92 valence electrons. The van der Waals surface area contributed by atoms with E-state index >= 15 is 0 Å². The molecule has 0 aromatic carbocycles. The first-order chi connectivity index (χ1) is 8.63. The number of carbonyl (C=O) groups is 1. The second-order valence-electron chi connectivity index (χ2n) is 4.23. The minimum atomic E-state index is 0.0614. The number of aromatic nitrogens is 4. The number of aryl methyl sites for hydroxylation is 2. The third kappa shape index (κ3) is 1.84. The molecule has 0 unspecified atom stereocenters. The minimum absolute atomic E-state index is 0.0614. The normalized spacial score (nSPS) is 11.2. The third-order valence-corrected chi connectivity index (χ3v) is 3.57. The molecule has 0 saturated carbocycles. The van der Waals surface area contributed by atoms with Gasteiger partial charge < -0.3 is 0 Å². The maximum Gasteiger partial charge on any atom is 0.193 e. The van der Waals surface area contributed by atoms with Crippen molar-refractivity contribution >= 4 is 22.1 Å². The second kappa shape index (κ2) is 4.06. The average Bonchev–Trinajstić information content (AvgIpc) is 2.92. The summed E-state index contributed by atoms with van der Waals surface area (Å²) >= 11 is 1.56. The molecule has 5 nitrogen and oxygen atoms in total. The Kier molecular flexibility index (Phi) is 2.52. The second-order valence-corrected chi connectivity index (χ2v) is 5.10. The highest BCUT2D eigenvalue weighted by Crippen LogP contribution is 2.14.